The molecule has 40 heavy (non-hydrogen) atoms. The van der Waals surface area contributed by atoms with Crippen LogP contribution in [-0.2, 0) is 11.3 Å². The van der Waals surface area contributed by atoms with Gasteiger partial charge in [-0.05, 0) is 24.5 Å². The average Bonchev–Trinajstić information content (AvgIpc) is 3.69. The van der Waals surface area contributed by atoms with Gasteiger partial charge in [0, 0.05) is 43.6 Å². The molecule has 6 heterocycles. The van der Waals surface area contributed by atoms with Crippen molar-refractivity contribution in [2.75, 3.05) is 41.8 Å². The highest BCUT2D eigenvalue weighted by Crippen LogP contribution is 2.36. The summed E-state index contributed by atoms with van der Waals surface area (Å²) < 4.78 is 17.8. The molecule has 1 amide bonds. The summed E-state index contributed by atoms with van der Waals surface area (Å²) in [6, 6.07) is 5.72. The first-order valence-corrected chi connectivity index (χ1v) is 14.5. The molecule has 2 aliphatic heterocycles. The van der Waals surface area contributed by atoms with Crippen LogP contribution in [0, 0.1) is 0 Å². The number of amides is 1. The van der Waals surface area contributed by atoms with E-state index in [2.05, 4.69) is 26.8 Å². The molecule has 0 aromatic carbocycles. The van der Waals surface area contributed by atoms with Crippen LogP contribution in [0.3, 0.4) is 0 Å². The Balaban J connectivity index is 1.19. The summed E-state index contributed by atoms with van der Waals surface area (Å²) in [5.74, 6) is 1.73. The number of morpholine rings is 1. The van der Waals surface area contributed by atoms with Crippen molar-refractivity contribution in [1.29, 1.82) is 0 Å². The number of nitrogens with zero attached hydrogens (tertiary/aromatic N) is 3. The number of nitrogens with one attached hydrogen (secondary N) is 3. The van der Waals surface area contributed by atoms with E-state index in [0.29, 0.717) is 89.4 Å². The predicted molar refractivity (Wildman–Crippen MR) is 150 cm³/mol. The summed E-state index contributed by atoms with van der Waals surface area (Å²) in [4.78, 5) is 32.2. The summed E-state index contributed by atoms with van der Waals surface area (Å²) in [5.41, 5.74) is 7.20. The SMILES string of the molecule is [NH3+][C@@H]1CCCC[C@@H]1Nc1cc2c(c(Nc3cc(-c4csc5c(=O)cc(N6CCOCC6)oc45)no3)n1)C(=O)NC2. The molecule has 7 rings (SSSR count). The number of ether oxygens (including phenoxy) is 1. The summed E-state index contributed by atoms with van der Waals surface area (Å²) in [6.07, 6.45) is 4.47. The minimum Gasteiger partial charge on any atom is -0.439 e. The van der Waals surface area contributed by atoms with Crippen LogP contribution in [0.5, 0.6) is 0 Å². The van der Waals surface area contributed by atoms with Gasteiger partial charge in [0.1, 0.15) is 28.1 Å². The molecular weight excluding hydrogens is 534 g/mol. The number of quaternary nitrogens is 1. The Kier molecular flexibility index (Phi) is 6.41. The topological polar surface area (TPSA) is 162 Å². The molecule has 4 aromatic heterocycles. The lowest BCUT2D eigenvalue weighted by atomic mass is 9.91. The molecule has 1 saturated carbocycles. The van der Waals surface area contributed by atoms with Gasteiger partial charge in [-0.2, -0.15) is 0 Å². The van der Waals surface area contributed by atoms with E-state index in [1.165, 1.54) is 23.8 Å². The van der Waals surface area contributed by atoms with Crippen molar-refractivity contribution >= 4 is 50.9 Å². The quantitative estimate of drug-likeness (QED) is 0.274. The number of aromatic nitrogens is 2. The van der Waals surface area contributed by atoms with Gasteiger partial charge in [0.2, 0.25) is 11.3 Å². The van der Waals surface area contributed by atoms with Gasteiger partial charge in [-0.25, -0.2) is 4.98 Å². The number of anilines is 4. The van der Waals surface area contributed by atoms with Gasteiger partial charge < -0.3 is 40.3 Å². The highest BCUT2D eigenvalue weighted by molar-refractivity contribution is 7.17. The molecule has 2 fully saturated rings. The fourth-order valence-corrected chi connectivity index (χ4v) is 6.53. The van der Waals surface area contributed by atoms with Crippen LogP contribution in [0.15, 0.2) is 37.3 Å². The van der Waals surface area contributed by atoms with Gasteiger partial charge >= 0.3 is 0 Å². The zero-order valence-electron chi connectivity index (χ0n) is 21.8. The number of rotatable bonds is 6. The molecule has 0 spiro atoms. The van der Waals surface area contributed by atoms with E-state index in [9.17, 15) is 9.59 Å². The lowest BCUT2D eigenvalue weighted by Gasteiger charge is -2.27. The molecule has 3 aliphatic rings. The molecule has 0 radical (unpaired) electrons. The molecular formula is C27H30N7O5S+. The maximum atomic E-state index is 12.8. The van der Waals surface area contributed by atoms with Gasteiger partial charge in [-0.15, -0.1) is 11.3 Å². The zero-order chi connectivity index (χ0) is 27.2. The van der Waals surface area contributed by atoms with Crippen molar-refractivity contribution in [2.45, 2.75) is 44.3 Å². The third-order valence-electron chi connectivity index (χ3n) is 7.79. The lowest BCUT2D eigenvalue weighted by Crippen LogP contribution is -2.68. The summed E-state index contributed by atoms with van der Waals surface area (Å²) in [6.45, 7) is 2.91. The van der Waals surface area contributed by atoms with Crippen LogP contribution in [0.4, 0.5) is 23.4 Å². The predicted octanol–water partition coefficient (Wildman–Crippen LogP) is 2.69. The second kappa shape index (κ2) is 10.2. The van der Waals surface area contributed by atoms with Crippen molar-refractivity contribution in [2.24, 2.45) is 0 Å². The second-order valence-electron chi connectivity index (χ2n) is 10.4. The van der Waals surface area contributed by atoms with Crippen molar-refractivity contribution < 1.29 is 24.2 Å². The van der Waals surface area contributed by atoms with E-state index >= 15 is 0 Å². The minimum atomic E-state index is -0.190. The number of hydrogen-bond acceptors (Lipinski definition) is 11. The number of carbonyl (C=O) groups excluding carboxylic acids is 1. The van der Waals surface area contributed by atoms with Gasteiger partial charge in [0.25, 0.3) is 5.91 Å². The molecule has 4 aromatic rings. The third-order valence-corrected chi connectivity index (χ3v) is 8.77. The molecule has 2 atom stereocenters. The standard InChI is InChI=1S/C27H29N7O5S/c28-16-3-1-2-4-17(16)30-20-9-14-12-29-27(36)23(14)26(31-20)32-21-10-18(33-39-21)15-13-40-25-19(35)11-22(38-24(15)25)34-5-7-37-8-6-34/h9-11,13,16-17H,1-8,12,28H2,(H,29,36)(H2,30,31,32)/p+1/t16-,17+/m1/s1. The number of pyridine rings is 1. The molecule has 0 unspecified atom stereocenters. The molecule has 1 saturated heterocycles. The number of thiophene rings is 1. The summed E-state index contributed by atoms with van der Waals surface area (Å²) in [5, 5.41) is 15.7. The Bertz CT molecular complexity index is 1640. The molecule has 13 heteroatoms. The van der Waals surface area contributed by atoms with Crippen molar-refractivity contribution in [3.8, 4) is 11.3 Å². The van der Waals surface area contributed by atoms with Crippen LogP contribution in [-0.4, -0.2) is 54.4 Å². The number of hydrogen-bond donors (Lipinski definition) is 4. The van der Waals surface area contributed by atoms with E-state index in [-0.39, 0.29) is 17.4 Å². The fourth-order valence-electron chi connectivity index (χ4n) is 5.63. The molecule has 6 N–H and O–H groups in total. The largest absolute Gasteiger partial charge is 0.439 e. The smallest absolute Gasteiger partial charge is 0.255 e. The normalized spacial score (nSPS) is 20.9. The van der Waals surface area contributed by atoms with Crippen LogP contribution in [0.1, 0.15) is 41.6 Å². The highest BCUT2D eigenvalue weighted by atomic mass is 32.1. The Labute approximate surface area is 232 Å². The first-order chi connectivity index (χ1) is 19.5. The van der Waals surface area contributed by atoms with Crippen LogP contribution < -0.4 is 32.0 Å². The first-order valence-electron chi connectivity index (χ1n) is 13.6. The molecule has 12 nitrogen and oxygen atoms in total. The summed E-state index contributed by atoms with van der Waals surface area (Å²) in [7, 11) is 0. The lowest BCUT2D eigenvalue weighted by molar-refractivity contribution is -0.427. The second-order valence-corrected chi connectivity index (χ2v) is 11.3. The Morgan fingerprint density at radius 3 is 2.83 bits per heavy atom. The maximum Gasteiger partial charge on any atom is 0.255 e. The van der Waals surface area contributed by atoms with E-state index in [1.54, 1.807) is 6.07 Å². The fraction of sp³-hybridized carbons (Fsp3) is 0.407. The molecule has 0 bridgehead atoms. The van der Waals surface area contributed by atoms with Crippen molar-refractivity contribution in [1.82, 2.24) is 15.5 Å². The van der Waals surface area contributed by atoms with Gasteiger partial charge in [0.15, 0.2) is 11.5 Å². The van der Waals surface area contributed by atoms with Crippen molar-refractivity contribution in [3.05, 3.63) is 44.9 Å². The summed E-state index contributed by atoms with van der Waals surface area (Å²) >= 11 is 1.31. The Morgan fingerprint density at radius 1 is 1.12 bits per heavy atom. The van der Waals surface area contributed by atoms with Crippen LogP contribution in [0.25, 0.3) is 21.5 Å². The van der Waals surface area contributed by atoms with Gasteiger partial charge in [-0.1, -0.05) is 11.6 Å². The molecule has 208 valence electrons. The third kappa shape index (κ3) is 4.59. The average molecular weight is 565 g/mol. The van der Waals surface area contributed by atoms with Crippen LogP contribution >= 0.6 is 11.3 Å². The monoisotopic (exact) mass is 564 g/mol. The van der Waals surface area contributed by atoms with E-state index in [1.807, 2.05) is 16.3 Å². The number of carbonyl (C=O) groups is 1. The zero-order valence-corrected chi connectivity index (χ0v) is 22.6. The Morgan fingerprint density at radius 2 is 1.98 bits per heavy atom. The maximum absolute atomic E-state index is 12.8. The first kappa shape index (κ1) is 25.1. The van der Waals surface area contributed by atoms with E-state index in [4.69, 9.17) is 18.7 Å². The van der Waals surface area contributed by atoms with E-state index < -0.39 is 0 Å². The van der Waals surface area contributed by atoms with Gasteiger partial charge in [-0.3, -0.25) is 9.59 Å². The molecule has 1 aliphatic carbocycles. The minimum absolute atomic E-state index is 0.0987. The van der Waals surface area contributed by atoms with Crippen LogP contribution in [0.2, 0.25) is 0 Å². The van der Waals surface area contributed by atoms with E-state index in [0.717, 1.165) is 24.8 Å². The highest BCUT2D eigenvalue weighted by Gasteiger charge is 2.29. The van der Waals surface area contributed by atoms with Crippen molar-refractivity contribution in [3.63, 3.8) is 0 Å². The number of fused-ring (bicyclic) bond motifs is 2. The Hall–Kier alpha value is -3.94. The van der Waals surface area contributed by atoms with Gasteiger partial charge in [0.05, 0.1) is 30.4 Å².